The van der Waals surface area contributed by atoms with Crippen molar-refractivity contribution in [1.29, 1.82) is 0 Å². The molecule has 1 heterocycles. The van der Waals surface area contributed by atoms with Gasteiger partial charge in [0.15, 0.2) is 0 Å². The summed E-state index contributed by atoms with van der Waals surface area (Å²) < 4.78 is 2.45. The van der Waals surface area contributed by atoms with Crippen LogP contribution in [0.4, 0.5) is 0 Å². The number of benzene rings is 1. The number of nitrogens with one attached hydrogen (secondary N) is 1. The Morgan fingerprint density at radius 1 is 1.25 bits per heavy atom. The molecule has 0 saturated heterocycles. The van der Waals surface area contributed by atoms with Crippen LogP contribution in [0.25, 0.3) is 0 Å². The van der Waals surface area contributed by atoms with Crippen LogP contribution in [0.15, 0.2) is 28.7 Å². The predicted molar refractivity (Wildman–Crippen MR) is 101 cm³/mol. The van der Waals surface area contributed by atoms with Crippen LogP contribution >= 0.6 is 49.9 Å². The fourth-order valence-corrected chi connectivity index (χ4v) is 4.30. The number of halogens is 2. The lowest BCUT2D eigenvalue weighted by Gasteiger charge is -2.21. The summed E-state index contributed by atoms with van der Waals surface area (Å²) in [6.45, 7) is 7.63. The highest BCUT2D eigenvalue weighted by molar-refractivity contribution is 14.1. The average Bonchev–Trinajstić information content (AvgIpc) is 2.73. The van der Waals surface area contributed by atoms with Crippen molar-refractivity contribution in [3.63, 3.8) is 0 Å². The van der Waals surface area contributed by atoms with Gasteiger partial charge < -0.3 is 5.32 Å². The Bertz CT molecular complexity index is 594. The van der Waals surface area contributed by atoms with Gasteiger partial charge in [0, 0.05) is 17.8 Å². The molecule has 4 heteroatoms. The molecule has 0 bridgehead atoms. The van der Waals surface area contributed by atoms with E-state index in [9.17, 15) is 0 Å². The van der Waals surface area contributed by atoms with E-state index in [0.29, 0.717) is 0 Å². The van der Waals surface area contributed by atoms with Crippen LogP contribution in [-0.2, 0) is 0 Å². The Morgan fingerprint density at radius 2 is 2.00 bits per heavy atom. The van der Waals surface area contributed by atoms with E-state index in [0.717, 1.165) is 13.0 Å². The zero-order valence-electron chi connectivity index (χ0n) is 12.0. The first-order valence-electron chi connectivity index (χ1n) is 6.78. The van der Waals surface area contributed by atoms with Crippen LogP contribution in [0.2, 0.25) is 0 Å². The van der Waals surface area contributed by atoms with Crippen LogP contribution in [0.5, 0.6) is 0 Å². The Balaban J connectivity index is 2.46. The highest BCUT2D eigenvalue weighted by Crippen LogP contribution is 2.34. The van der Waals surface area contributed by atoms with Crippen LogP contribution in [-0.4, -0.2) is 6.54 Å². The molecule has 1 unspecified atom stereocenters. The standard InChI is InChI=1S/C16H19BrINS/c1-4-7-19-16(13-8-10(2)20-11(13)3)14-9-12(18)5-6-15(14)17/h5-6,8-9,16,19H,4,7H2,1-3H3. The molecule has 0 fully saturated rings. The molecule has 0 aliphatic rings. The molecule has 1 aromatic carbocycles. The Kier molecular flexibility index (Phi) is 6.08. The molecule has 1 aromatic heterocycles. The van der Waals surface area contributed by atoms with E-state index in [2.05, 4.69) is 88.9 Å². The molecule has 0 aliphatic carbocycles. The SMILES string of the molecule is CCCNC(c1cc(I)ccc1Br)c1cc(C)sc1C. The normalized spacial score (nSPS) is 12.7. The minimum atomic E-state index is 0.268. The van der Waals surface area contributed by atoms with Gasteiger partial charge in [-0.2, -0.15) is 0 Å². The van der Waals surface area contributed by atoms with Gasteiger partial charge in [-0.25, -0.2) is 0 Å². The quantitative estimate of drug-likeness (QED) is 0.550. The van der Waals surface area contributed by atoms with Crippen molar-refractivity contribution in [3.05, 3.63) is 53.2 Å². The van der Waals surface area contributed by atoms with Gasteiger partial charge in [-0.05, 0) is 84.8 Å². The summed E-state index contributed by atoms with van der Waals surface area (Å²) in [7, 11) is 0. The Hall–Kier alpha value is 0.0900. The second-order valence-corrected chi connectivity index (χ2v) is 8.48. The smallest absolute Gasteiger partial charge is 0.0599 e. The average molecular weight is 464 g/mol. The molecule has 0 radical (unpaired) electrons. The topological polar surface area (TPSA) is 12.0 Å². The van der Waals surface area contributed by atoms with Gasteiger partial charge in [-0.1, -0.05) is 22.9 Å². The van der Waals surface area contributed by atoms with Gasteiger partial charge in [0.1, 0.15) is 0 Å². The zero-order valence-corrected chi connectivity index (χ0v) is 16.5. The fraction of sp³-hybridized carbons (Fsp3) is 0.375. The number of rotatable bonds is 5. The second-order valence-electron chi connectivity index (χ2n) is 4.92. The van der Waals surface area contributed by atoms with E-state index in [1.807, 2.05) is 11.3 Å². The van der Waals surface area contributed by atoms with Crippen molar-refractivity contribution in [1.82, 2.24) is 5.32 Å². The third-order valence-corrected chi connectivity index (χ3v) is 5.63. The summed E-state index contributed by atoms with van der Waals surface area (Å²) in [5.74, 6) is 0. The molecule has 1 N–H and O–H groups in total. The molecule has 2 rings (SSSR count). The number of hydrogen-bond acceptors (Lipinski definition) is 2. The van der Waals surface area contributed by atoms with Crippen LogP contribution < -0.4 is 5.32 Å². The summed E-state index contributed by atoms with van der Waals surface area (Å²) in [4.78, 5) is 2.78. The van der Waals surface area contributed by atoms with Gasteiger partial charge >= 0.3 is 0 Å². The fourth-order valence-electron chi connectivity index (χ4n) is 2.35. The van der Waals surface area contributed by atoms with Crippen molar-refractivity contribution in [3.8, 4) is 0 Å². The maximum absolute atomic E-state index is 3.71. The van der Waals surface area contributed by atoms with Crippen molar-refractivity contribution >= 4 is 49.9 Å². The molecule has 0 spiro atoms. The van der Waals surface area contributed by atoms with Gasteiger partial charge in [0.05, 0.1) is 6.04 Å². The predicted octanol–water partition coefficient (Wildman–Crippen LogP) is 5.82. The van der Waals surface area contributed by atoms with Crippen LogP contribution in [0, 0.1) is 17.4 Å². The monoisotopic (exact) mass is 463 g/mol. The zero-order chi connectivity index (χ0) is 14.7. The molecular weight excluding hydrogens is 445 g/mol. The first-order valence-corrected chi connectivity index (χ1v) is 9.47. The van der Waals surface area contributed by atoms with Gasteiger partial charge in [-0.3, -0.25) is 0 Å². The van der Waals surface area contributed by atoms with Crippen molar-refractivity contribution in [2.75, 3.05) is 6.54 Å². The Morgan fingerprint density at radius 3 is 2.60 bits per heavy atom. The molecule has 0 aliphatic heterocycles. The summed E-state index contributed by atoms with van der Waals surface area (Å²) in [6.07, 6.45) is 1.14. The van der Waals surface area contributed by atoms with E-state index in [1.54, 1.807) is 0 Å². The largest absolute Gasteiger partial charge is 0.306 e. The number of hydrogen-bond donors (Lipinski definition) is 1. The summed E-state index contributed by atoms with van der Waals surface area (Å²) >= 11 is 7.97. The van der Waals surface area contributed by atoms with E-state index in [1.165, 1.54) is 28.9 Å². The van der Waals surface area contributed by atoms with Crippen LogP contribution in [0.3, 0.4) is 0 Å². The molecule has 1 atom stereocenters. The summed E-state index contributed by atoms with van der Waals surface area (Å²) in [6, 6.07) is 9.14. The van der Waals surface area contributed by atoms with Gasteiger partial charge in [0.2, 0.25) is 0 Å². The van der Waals surface area contributed by atoms with Crippen molar-refractivity contribution in [2.45, 2.75) is 33.2 Å². The highest BCUT2D eigenvalue weighted by atomic mass is 127. The van der Waals surface area contributed by atoms with Gasteiger partial charge in [0.25, 0.3) is 0 Å². The molecule has 0 amide bonds. The summed E-state index contributed by atoms with van der Waals surface area (Å²) in [5, 5.41) is 3.70. The van der Waals surface area contributed by atoms with E-state index >= 15 is 0 Å². The van der Waals surface area contributed by atoms with E-state index < -0.39 is 0 Å². The lowest BCUT2D eigenvalue weighted by Crippen LogP contribution is -2.23. The molecule has 108 valence electrons. The molecule has 0 saturated carbocycles. The van der Waals surface area contributed by atoms with E-state index in [-0.39, 0.29) is 6.04 Å². The number of thiophene rings is 1. The van der Waals surface area contributed by atoms with Gasteiger partial charge in [-0.15, -0.1) is 11.3 Å². The van der Waals surface area contributed by atoms with Crippen molar-refractivity contribution in [2.24, 2.45) is 0 Å². The Labute approximate surface area is 147 Å². The highest BCUT2D eigenvalue weighted by Gasteiger charge is 2.19. The maximum atomic E-state index is 3.71. The molecule has 2 aromatic rings. The maximum Gasteiger partial charge on any atom is 0.0599 e. The lowest BCUT2D eigenvalue weighted by molar-refractivity contribution is 0.596. The minimum Gasteiger partial charge on any atom is -0.306 e. The molecular formula is C16H19BrINS. The molecule has 1 nitrogen and oxygen atoms in total. The van der Waals surface area contributed by atoms with Crippen molar-refractivity contribution < 1.29 is 0 Å². The third kappa shape index (κ3) is 3.84. The summed E-state index contributed by atoms with van der Waals surface area (Å²) in [5.41, 5.74) is 2.73. The number of aryl methyl sites for hydroxylation is 2. The molecule has 20 heavy (non-hydrogen) atoms. The third-order valence-electron chi connectivity index (χ3n) is 3.26. The first kappa shape index (κ1) is 16.5. The first-order chi connectivity index (χ1) is 9.52. The second kappa shape index (κ2) is 7.38. The van der Waals surface area contributed by atoms with Crippen LogP contribution in [0.1, 0.15) is 40.3 Å². The minimum absolute atomic E-state index is 0.268. The van der Waals surface area contributed by atoms with E-state index in [4.69, 9.17) is 0 Å². The lowest BCUT2D eigenvalue weighted by atomic mass is 9.99.